The van der Waals surface area contributed by atoms with Gasteiger partial charge in [-0.3, -0.25) is 29.6 Å². The zero-order chi connectivity index (χ0) is 30.2. The first-order valence-electron chi connectivity index (χ1n) is 16.0. The van der Waals surface area contributed by atoms with E-state index in [9.17, 15) is 14.4 Å². The Labute approximate surface area is 257 Å². The van der Waals surface area contributed by atoms with Crippen molar-refractivity contribution in [1.82, 2.24) is 20.1 Å². The molecule has 3 aliphatic heterocycles. The van der Waals surface area contributed by atoms with E-state index in [1.165, 1.54) is 35.9 Å². The number of aromatic nitrogens is 1. The van der Waals surface area contributed by atoms with Crippen molar-refractivity contribution in [1.29, 1.82) is 0 Å². The Morgan fingerprint density at radius 1 is 1.00 bits per heavy atom. The number of amides is 3. The van der Waals surface area contributed by atoms with Crippen LogP contribution in [0.5, 0.6) is 5.75 Å². The molecule has 9 nitrogen and oxygen atoms in total. The van der Waals surface area contributed by atoms with Crippen LogP contribution in [-0.4, -0.2) is 71.5 Å². The molecule has 1 saturated carbocycles. The highest BCUT2D eigenvalue weighted by molar-refractivity contribution is 6.05. The molecule has 1 aliphatic carbocycles. The van der Waals surface area contributed by atoms with Gasteiger partial charge in [0.2, 0.25) is 11.8 Å². The summed E-state index contributed by atoms with van der Waals surface area (Å²) >= 11 is 0. The molecule has 0 radical (unpaired) electrons. The fourth-order valence-electron chi connectivity index (χ4n) is 7.57. The minimum atomic E-state index is -0.612. The predicted molar refractivity (Wildman–Crippen MR) is 165 cm³/mol. The summed E-state index contributed by atoms with van der Waals surface area (Å²) in [5, 5.41) is 3.54. The van der Waals surface area contributed by atoms with Gasteiger partial charge in [0.15, 0.2) is 0 Å². The lowest BCUT2D eigenvalue weighted by Gasteiger charge is -2.29. The zero-order valence-electron chi connectivity index (χ0n) is 25.3. The van der Waals surface area contributed by atoms with E-state index in [1.807, 2.05) is 12.1 Å². The quantitative estimate of drug-likeness (QED) is 0.380. The molecular weight excluding hydrogens is 556 g/mol. The van der Waals surface area contributed by atoms with Gasteiger partial charge in [-0.15, -0.1) is 0 Å². The van der Waals surface area contributed by atoms with Crippen LogP contribution >= 0.6 is 0 Å². The van der Waals surface area contributed by atoms with Gasteiger partial charge < -0.3 is 14.4 Å². The molecular formula is C35H40N4O5. The monoisotopic (exact) mass is 596 g/mol. The second-order valence-corrected chi connectivity index (χ2v) is 12.9. The molecule has 1 aromatic heterocycles. The number of likely N-dealkylation sites (tertiary alicyclic amines) is 1. The van der Waals surface area contributed by atoms with Gasteiger partial charge in [0, 0.05) is 68.9 Å². The Balaban J connectivity index is 0.947. The van der Waals surface area contributed by atoms with Crippen LogP contribution in [0.4, 0.5) is 0 Å². The Morgan fingerprint density at radius 2 is 1.91 bits per heavy atom. The van der Waals surface area contributed by atoms with E-state index in [-0.39, 0.29) is 24.3 Å². The van der Waals surface area contributed by atoms with Crippen molar-refractivity contribution in [2.24, 2.45) is 5.92 Å². The van der Waals surface area contributed by atoms with Gasteiger partial charge in [-0.1, -0.05) is 18.6 Å². The smallest absolute Gasteiger partial charge is 0.255 e. The second kappa shape index (κ2) is 12.3. The maximum atomic E-state index is 13.0. The molecule has 3 amide bonds. The number of pyridine rings is 1. The summed E-state index contributed by atoms with van der Waals surface area (Å²) in [6, 6.07) is 16.1. The highest BCUT2D eigenvalue weighted by atomic mass is 16.5. The molecule has 4 atom stereocenters. The maximum absolute atomic E-state index is 13.0. The van der Waals surface area contributed by atoms with E-state index >= 15 is 0 Å². The van der Waals surface area contributed by atoms with E-state index in [2.05, 4.69) is 40.5 Å². The molecule has 2 aromatic carbocycles. The van der Waals surface area contributed by atoms with E-state index in [4.69, 9.17) is 14.5 Å². The number of carbonyl (C=O) groups is 3. The first kappa shape index (κ1) is 28.9. The van der Waals surface area contributed by atoms with E-state index in [0.717, 1.165) is 55.9 Å². The first-order chi connectivity index (χ1) is 21.4. The maximum Gasteiger partial charge on any atom is 0.255 e. The van der Waals surface area contributed by atoms with Crippen molar-refractivity contribution in [3.63, 3.8) is 0 Å². The minimum Gasteiger partial charge on any atom is -0.489 e. The molecule has 4 heterocycles. The van der Waals surface area contributed by atoms with Crippen LogP contribution in [0.25, 0.3) is 10.9 Å². The third-order valence-electron chi connectivity index (χ3n) is 9.81. The number of imide groups is 1. The molecule has 3 aromatic rings. The first-order valence-corrected chi connectivity index (χ1v) is 16.0. The lowest BCUT2D eigenvalue weighted by atomic mass is 9.80. The fourth-order valence-corrected chi connectivity index (χ4v) is 7.57. The summed E-state index contributed by atoms with van der Waals surface area (Å²) in [6.07, 6.45) is 6.47. The number of hydrogen-bond donors (Lipinski definition) is 1. The van der Waals surface area contributed by atoms with Gasteiger partial charge in [-0.05, 0) is 85.5 Å². The molecule has 2 saturated heterocycles. The van der Waals surface area contributed by atoms with E-state index in [0.29, 0.717) is 30.4 Å². The number of ether oxygens (including phenoxy) is 2. The minimum absolute atomic E-state index is 0.0681. The number of carbonyl (C=O) groups excluding carboxylic acids is 3. The molecule has 44 heavy (non-hydrogen) atoms. The SMILES string of the molecule is COC[C@@H]1CCC[C@@H](c2ccc3cc(CN4CCC(Oc5ccc6c(c5)CN(C5CCC(=O)NC5=O)C6=O)C4)ccc3n2)C1. The number of rotatable bonds is 8. The van der Waals surface area contributed by atoms with E-state index in [1.54, 1.807) is 18.1 Å². The van der Waals surface area contributed by atoms with E-state index < -0.39 is 11.9 Å². The molecule has 230 valence electrons. The molecule has 0 bridgehead atoms. The fraction of sp³-hybridized carbons (Fsp3) is 0.486. The van der Waals surface area contributed by atoms with Crippen molar-refractivity contribution in [2.45, 2.75) is 76.1 Å². The van der Waals surface area contributed by atoms with Gasteiger partial charge in [0.05, 0.1) is 5.52 Å². The average molecular weight is 597 g/mol. The van der Waals surface area contributed by atoms with Crippen LogP contribution in [0.15, 0.2) is 48.5 Å². The molecule has 9 heteroatoms. The normalized spacial score (nSPS) is 25.8. The van der Waals surface area contributed by atoms with Gasteiger partial charge >= 0.3 is 0 Å². The van der Waals surface area contributed by atoms with Crippen molar-refractivity contribution in [2.75, 3.05) is 26.8 Å². The van der Waals surface area contributed by atoms with Crippen molar-refractivity contribution >= 4 is 28.6 Å². The summed E-state index contributed by atoms with van der Waals surface area (Å²) < 4.78 is 11.8. The topological polar surface area (TPSA) is 101 Å². The van der Waals surface area contributed by atoms with Crippen molar-refractivity contribution < 1.29 is 23.9 Å². The highest BCUT2D eigenvalue weighted by Gasteiger charge is 2.39. The lowest BCUT2D eigenvalue weighted by Crippen LogP contribution is -2.52. The average Bonchev–Trinajstić information content (AvgIpc) is 3.60. The number of fused-ring (bicyclic) bond motifs is 2. The van der Waals surface area contributed by atoms with Crippen LogP contribution < -0.4 is 10.1 Å². The lowest BCUT2D eigenvalue weighted by molar-refractivity contribution is -0.136. The number of nitrogens with one attached hydrogen (secondary N) is 1. The molecule has 2 unspecified atom stereocenters. The Kier molecular flexibility index (Phi) is 8.08. The Hall–Kier alpha value is -3.82. The summed E-state index contributed by atoms with van der Waals surface area (Å²) in [4.78, 5) is 46.0. The van der Waals surface area contributed by atoms with Crippen LogP contribution in [0.2, 0.25) is 0 Å². The second-order valence-electron chi connectivity index (χ2n) is 12.9. The molecule has 3 fully saturated rings. The van der Waals surface area contributed by atoms with Crippen molar-refractivity contribution in [3.8, 4) is 5.75 Å². The third-order valence-corrected chi connectivity index (χ3v) is 9.81. The molecule has 4 aliphatic rings. The van der Waals surface area contributed by atoms with Gasteiger partial charge in [0.25, 0.3) is 5.91 Å². The number of benzene rings is 2. The predicted octanol–water partition coefficient (Wildman–Crippen LogP) is 4.57. The van der Waals surface area contributed by atoms with Crippen LogP contribution in [0.3, 0.4) is 0 Å². The Bertz CT molecular complexity index is 1590. The van der Waals surface area contributed by atoms with Gasteiger partial charge in [0.1, 0.15) is 17.9 Å². The summed E-state index contributed by atoms with van der Waals surface area (Å²) in [7, 11) is 1.80. The standard InChI is InChI=1S/C35H40N4O5/c1-43-21-23-3-2-4-24(16-23)31-10-6-25-15-22(5-9-30(25)36-31)18-38-14-13-28(20-38)44-27-7-8-29-26(17-27)19-39(35(29)42)32-11-12-33(40)37-34(32)41/h5-10,15,17,23-24,28,32H,2-4,11-14,16,18-21H2,1H3,(H,37,40,41)/t23-,24-,28?,32?/m1/s1. The summed E-state index contributed by atoms with van der Waals surface area (Å²) in [5.41, 5.74) is 5.01. The Morgan fingerprint density at radius 3 is 2.77 bits per heavy atom. The summed E-state index contributed by atoms with van der Waals surface area (Å²) in [5.74, 6) is 1.05. The number of piperidine rings is 1. The van der Waals surface area contributed by atoms with Crippen LogP contribution in [-0.2, 0) is 27.4 Å². The van der Waals surface area contributed by atoms with Gasteiger partial charge in [-0.25, -0.2) is 0 Å². The molecule has 7 rings (SSSR count). The third kappa shape index (κ3) is 5.95. The molecule has 0 spiro atoms. The van der Waals surface area contributed by atoms with Crippen molar-refractivity contribution in [3.05, 3.63) is 70.9 Å². The van der Waals surface area contributed by atoms with Gasteiger partial charge in [-0.2, -0.15) is 0 Å². The number of methoxy groups -OCH3 is 1. The zero-order valence-corrected chi connectivity index (χ0v) is 25.3. The van der Waals surface area contributed by atoms with Crippen LogP contribution in [0, 0.1) is 5.92 Å². The number of nitrogens with zero attached hydrogens (tertiary/aromatic N) is 3. The molecule has 1 N–H and O–H groups in total. The largest absolute Gasteiger partial charge is 0.489 e. The number of hydrogen-bond acceptors (Lipinski definition) is 7. The highest BCUT2D eigenvalue weighted by Crippen LogP contribution is 2.36. The summed E-state index contributed by atoms with van der Waals surface area (Å²) in [6.45, 7) is 3.84. The van der Waals surface area contributed by atoms with Crippen LogP contribution in [0.1, 0.15) is 78.0 Å².